The molecule has 2 bridgehead atoms. The van der Waals surface area contributed by atoms with Gasteiger partial charge in [-0.2, -0.15) is 0 Å². The SMILES string of the molecule is CCCC(C)NC(=O)C1N(CCCO)C(=O)[C@@H]2[C@H](C(=O)NC)[C@]3(CC)CCC12O3. The van der Waals surface area contributed by atoms with Gasteiger partial charge in [0.2, 0.25) is 17.7 Å². The minimum atomic E-state index is -0.976. The number of carbonyl (C=O) groups excluding carboxylic acids is 3. The Balaban J connectivity index is 2.00. The summed E-state index contributed by atoms with van der Waals surface area (Å²) in [7, 11) is 1.57. The van der Waals surface area contributed by atoms with Crippen molar-refractivity contribution in [3.63, 3.8) is 0 Å². The number of amides is 3. The molecule has 3 unspecified atom stereocenters. The van der Waals surface area contributed by atoms with E-state index < -0.39 is 29.1 Å². The van der Waals surface area contributed by atoms with E-state index in [0.717, 1.165) is 12.8 Å². The van der Waals surface area contributed by atoms with Gasteiger partial charge in [0, 0.05) is 26.2 Å². The van der Waals surface area contributed by atoms with Crippen LogP contribution in [0.5, 0.6) is 0 Å². The molecule has 3 aliphatic rings. The van der Waals surface area contributed by atoms with Gasteiger partial charge in [-0.25, -0.2) is 0 Å². The van der Waals surface area contributed by atoms with Crippen molar-refractivity contribution in [2.24, 2.45) is 11.8 Å². The number of carbonyl (C=O) groups is 3. The number of rotatable bonds is 9. The molecule has 3 aliphatic heterocycles. The highest BCUT2D eigenvalue weighted by Crippen LogP contribution is 2.64. The number of nitrogens with zero attached hydrogens (tertiary/aromatic N) is 1. The van der Waals surface area contributed by atoms with E-state index in [-0.39, 0.29) is 36.9 Å². The number of aliphatic hydroxyl groups is 1. The van der Waals surface area contributed by atoms with Crippen LogP contribution in [-0.2, 0) is 19.1 Å². The minimum Gasteiger partial charge on any atom is -0.396 e. The largest absolute Gasteiger partial charge is 0.396 e. The molecule has 0 aromatic rings. The van der Waals surface area contributed by atoms with Gasteiger partial charge in [-0.05, 0) is 39.0 Å². The fraction of sp³-hybridized carbons (Fsp3) is 0.857. The predicted molar refractivity (Wildman–Crippen MR) is 107 cm³/mol. The first-order valence-corrected chi connectivity index (χ1v) is 10.9. The smallest absolute Gasteiger partial charge is 0.246 e. The molecule has 3 heterocycles. The Morgan fingerprint density at radius 1 is 1.31 bits per heavy atom. The third-order valence-corrected chi connectivity index (χ3v) is 7.13. The summed E-state index contributed by atoms with van der Waals surface area (Å²) in [6, 6.07) is -0.778. The number of aliphatic hydroxyl groups excluding tert-OH is 1. The Bertz CT molecular complexity index is 671. The van der Waals surface area contributed by atoms with E-state index >= 15 is 0 Å². The van der Waals surface area contributed by atoms with Gasteiger partial charge in [-0.1, -0.05) is 20.3 Å². The molecule has 3 rings (SSSR count). The highest BCUT2D eigenvalue weighted by molar-refractivity contribution is 5.99. The maximum atomic E-state index is 13.5. The second-order valence-corrected chi connectivity index (χ2v) is 8.75. The topological polar surface area (TPSA) is 108 Å². The molecule has 0 aliphatic carbocycles. The van der Waals surface area contributed by atoms with Crippen LogP contribution in [0, 0.1) is 11.8 Å². The molecular formula is C21H35N3O5. The lowest BCUT2D eigenvalue weighted by Crippen LogP contribution is -2.56. The molecule has 8 heteroatoms. The number of hydrogen-bond acceptors (Lipinski definition) is 5. The molecule has 3 amide bonds. The predicted octanol–water partition coefficient (Wildman–Crippen LogP) is 0.574. The first kappa shape index (κ1) is 22.0. The van der Waals surface area contributed by atoms with E-state index in [4.69, 9.17) is 4.74 Å². The van der Waals surface area contributed by atoms with Gasteiger partial charge in [0.15, 0.2) is 0 Å². The maximum absolute atomic E-state index is 13.5. The second-order valence-electron chi connectivity index (χ2n) is 8.75. The monoisotopic (exact) mass is 409 g/mol. The Labute approximate surface area is 172 Å². The van der Waals surface area contributed by atoms with Gasteiger partial charge in [0.05, 0.1) is 17.4 Å². The first-order valence-electron chi connectivity index (χ1n) is 10.9. The molecule has 0 radical (unpaired) electrons. The third kappa shape index (κ3) is 3.24. The molecule has 3 saturated heterocycles. The molecule has 0 saturated carbocycles. The van der Waals surface area contributed by atoms with Crippen LogP contribution in [0.15, 0.2) is 0 Å². The van der Waals surface area contributed by atoms with Crippen molar-refractivity contribution < 1.29 is 24.2 Å². The van der Waals surface area contributed by atoms with Crippen molar-refractivity contribution >= 4 is 17.7 Å². The quantitative estimate of drug-likeness (QED) is 0.516. The first-order chi connectivity index (χ1) is 13.8. The molecule has 0 aromatic heterocycles. The zero-order chi connectivity index (χ0) is 21.4. The van der Waals surface area contributed by atoms with Crippen LogP contribution >= 0.6 is 0 Å². The van der Waals surface area contributed by atoms with Gasteiger partial charge in [-0.3, -0.25) is 14.4 Å². The number of fused-ring (bicyclic) bond motifs is 1. The fourth-order valence-corrected chi connectivity index (χ4v) is 5.88. The van der Waals surface area contributed by atoms with Crippen molar-refractivity contribution in [2.45, 2.75) is 82.6 Å². The normalized spacial score (nSPS) is 36.2. The minimum absolute atomic E-state index is 0.00813. The molecule has 6 atom stereocenters. The third-order valence-electron chi connectivity index (χ3n) is 7.13. The van der Waals surface area contributed by atoms with Gasteiger partial charge >= 0.3 is 0 Å². The summed E-state index contributed by atoms with van der Waals surface area (Å²) in [5.41, 5.74) is -1.67. The Morgan fingerprint density at radius 2 is 2.03 bits per heavy atom. The van der Waals surface area contributed by atoms with Crippen molar-refractivity contribution in [3.8, 4) is 0 Å². The van der Waals surface area contributed by atoms with Crippen LogP contribution in [0.25, 0.3) is 0 Å². The number of hydrogen-bond donors (Lipinski definition) is 3. The zero-order valence-electron chi connectivity index (χ0n) is 18.0. The highest BCUT2D eigenvalue weighted by atomic mass is 16.5. The van der Waals surface area contributed by atoms with E-state index in [2.05, 4.69) is 17.6 Å². The van der Waals surface area contributed by atoms with Gasteiger partial charge in [0.25, 0.3) is 0 Å². The molecule has 3 N–H and O–H groups in total. The van der Waals surface area contributed by atoms with E-state index in [0.29, 0.717) is 25.7 Å². The van der Waals surface area contributed by atoms with E-state index in [9.17, 15) is 19.5 Å². The van der Waals surface area contributed by atoms with Crippen LogP contribution in [0.4, 0.5) is 0 Å². The molecule has 3 fully saturated rings. The average Bonchev–Trinajstić information content (AvgIpc) is 3.29. The molecule has 0 aromatic carbocycles. The molecule has 164 valence electrons. The van der Waals surface area contributed by atoms with Crippen LogP contribution in [0.3, 0.4) is 0 Å². The summed E-state index contributed by atoms with van der Waals surface area (Å²) < 4.78 is 6.57. The van der Waals surface area contributed by atoms with Gasteiger partial charge in [0.1, 0.15) is 11.6 Å². The van der Waals surface area contributed by atoms with Crippen LogP contribution in [0.1, 0.15) is 59.3 Å². The average molecular weight is 410 g/mol. The Morgan fingerprint density at radius 3 is 2.62 bits per heavy atom. The second kappa shape index (κ2) is 8.22. The summed E-state index contributed by atoms with van der Waals surface area (Å²) in [5, 5.41) is 15.1. The maximum Gasteiger partial charge on any atom is 0.246 e. The number of ether oxygens (including phenoxy) is 1. The number of nitrogens with one attached hydrogen (secondary N) is 2. The van der Waals surface area contributed by atoms with E-state index in [1.165, 1.54) is 0 Å². The number of likely N-dealkylation sites (tertiary alicyclic amines) is 1. The summed E-state index contributed by atoms with van der Waals surface area (Å²) >= 11 is 0. The lowest BCUT2D eigenvalue weighted by Gasteiger charge is -2.34. The Hall–Kier alpha value is -1.67. The van der Waals surface area contributed by atoms with Crippen molar-refractivity contribution in [2.75, 3.05) is 20.2 Å². The van der Waals surface area contributed by atoms with Gasteiger partial charge < -0.3 is 25.4 Å². The van der Waals surface area contributed by atoms with Crippen LogP contribution in [-0.4, -0.2) is 71.2 Å². The Kier molecular flexibility index (Phi) is 6.24. The summed E-state index contributed by atoms with van der Waals surface area (Å²) in [4.78, 5) is 41.2. The van der Waals surface area contributed by atoms with Crippen molar-refractivity contribution in [1.29, 1.82) is 0 Å². The summed E-state index contributed by atoms with van der Waals surface area (Å²) in [6.45, 7) is 6.20. The van der Waals surface area contributed by atoms with E-state index in [1.54, 1.807) is 11.9 Å². The lowest BCUT2D eigenvalue weighted by atomic mass is 9.65. The molecule has 8 nitrogen and oxygen atoms in total. The molecular weight excluding hydrogens is 374 g/mol. The molecule has 29 heavy (non-hydrogen) atoms. The van der Waals surface area contributed by atoms with Crippen molar-refractivity contribution in [3.05, 3.63) is 0 Å². The zero-order valence-corrected chi connectivity index (χ0v) is 18.0. The van der Waals surface area contributed by atoms with Crippen molar-refractivity contribution in [1.82, 2.24) is 15.5 Å². The highest BCUT2D eigenvalue weighted by Gasteiger charge is 2.78. The fourth-order valence-electron chi connectivity index (χ4n) is 5.88. The standard InChI is InChI=1S/C21H35N3O5/c1-5-8-13(3)23-18(27)16-21-10-9-20(6-2,29-21)14(17(26)22-4)15(21)19(28)24(16)11-7-12-25/h13-16,25H,5-12H2,1-4H3,(H,22,26)(H,23,27)/t13?,14-,15+,16?,20+,21?/m1/s1. The van der Waals surface area contributed by atoms with Gasteiger partial charge in [-0.15, -0.1) is 0 Å². The summed E-state index contributed by atoms with van der Waals surface area (Å²) in [6.07, 6.45) is 4.04. The summed E-state index contributed by atoms with van der Waals surface area (Å²) in [5.74, 6) is -1.88. The van der Waals surface area contributed by atoms with Crippen LogP contribution in [0.2, 0.25) is 0 Å². The van der Waals surface area contributed by atoms with E-state index in [1.807, 2.05) is 13.8 Å². The lowest BCUT2D eigenvalue weighted by molar-refractivity contribution is -0.148. The molecule has 1 spiro atoms. The van der Waals surface area contributed by atoms with Crippen LogP contribution < -0.4 is 10.6 Å².